The Morgan fingerprint density at radius 1 is 0.581 bits per heavy atom. The Bertz CT molecular complexity index is 1280. The van der Waals surface area contributed by atoms with Crippen LogP contribution in [0.2, 0.25) is 0 Å². The van der Waals surface area contributed by atoms with Gasteiger partial charge < -0.3 is 4.74 Å². The van der Waals surface area contributed by atoms with Crippen molar-refractivity contribution in [2.75, 3.05) is 7.11 Å². The van der Waals surface area contributed by atoms with Crippen molar-refractivity contribution in [3.05, 3.63) is 115 Å². The molecule has 31 heavy (non-hydrogen) atoms. The fourth-order valence-electron chi connectivity index (χ4n) is 3.87. The van der Waals surface area contributed by atoms with Crippen molar-refractivity contribution in [2.24, 2.45) is 0 Å². The standard InChI is InChI=1S/C28H22N2O/c1-31-25-19-17-21(18-20-25)26-27(22-11-5-2-6-12-22)29-30(24-15-9-4-10-16-24)28(26)23-13-7-3-8-14-23/h2-20H,1H3. The third-order valence-corrected chi connectivity index (χ3v) is 5.36. The number of aromatic nitrogens is 2. The van der Waals surface area contributed by atoms with Crippen molar-refractivity contribution >= 4 is 0 Å². The van der Waals surface area contributed by atoms with E-state index < -0.39 is 0 Å². The summed E-state index contributed by atoms with van der Waals surface area (Å²) >= 11 is 0. The quantitative estimate of drug-likeness (QED) is 0.320. The summed E-state index contributed by atoms with van der Waals surface area (Å²) < 4.78 is 7.44. The van der Waals surface area contributed by atoms with E-state index in [1.54, 1.807) is 7.11 Å². The number of hydrogen-bond acceptors (Lipinski definition) is 2. The second kappa shape index (κ2) is 8.33. The van der Waals surface area contributed by atoms with Crippen LogP contribution in [-0.4, -0.2) is 16.9 Å². The van der Waals surface area contributed by atoms with Gasteiger partial charge >= 0.3 is 0 Å². The summed E-state index contributed by atoms with van der Waals surface area (Å²) in [5, 5.41) is 5.13. The van der Waals surface area contributed by atoms with Gasteiger partial charge in [-0.1, -0.05) is 91.0 Å². The summed E-state index contributed by atoms with van der Waals surface area (Å²) in [7, 11) is 1.69. The van der Waals surface area contributed by atoms with Crippen LogP contribution in [0.3, 0.4) is 0 Å². The van der Waals surface area contributed by atoms with Gasteiger partial charge in [0.15, 0.2) is 0 Å². The zero-order valence-electron chi connectivity index (χ0n) is 17.3. The molecule has 0 spiro atoms. The summed E-state index contributed by atoms with van der Waals surface area (Å²) in [4.78, 5) is 0. The van der Waals surface area contributed by atoms with E-state index in [9.17, 15) is 0 Å². The molecule has 0 unspecified atom stereocenters. The minimum absolute atomic E-state index is 0.835. The minimum atomic E-state index is 0.835. The molecule has 4 aromatic carbocycles. The van der Waals surface area contributed by atoms with E-state index >= 15 is 0 Å². The highest BCUT2D eigenvalue weighted by atomic mass is 16.5. The van der Waals surface area contributed by atoms with Crippen LogP contribution in [-0.2, 0) is 0 Å². The lowest BCUT2D eigenvalue weighted by Crippen LogP contribution is -1.99. The molecule has 1 aromatic heterocycles. The van der Waals surface area contributed by atoms with Crippen molar-refractivity contribution in [3.63, 3.8) is 0 Å². The molecule has 3 nitrogen and oxygen atoms in total. The van der Waals surface area contributed by atoms with E-state index in [1.165, 1.54) is 0 Å². The lowest BCUT2D eigenvalue weighted by Gasteiger charge is -2.11. The molecule has 1 heterocycles. The first-order valence-electron chi connectivity index (χ1n) is 10.3. The zero-order valence-corrected chi connectivity index (χ0v) is 17.3. The normalized spacial score (nSPS) is 10.7. The van der Waals surface area contributed by atoms with Crippen LogP contribution in [0.5, 0.6) is 5.75 Å². The fraction of sp³-hybridized carbons (Fsp3) is 0.0357. The van der Waals surface area contributed by atoms with Crippen molar-refractivity contribution in [1.29, 1.82) is 0 Å². The third-order valence-electron chi connectivity index (χ3n) is 5.36. The number of methoxy groups -OCH3 is 1. The number of benzene rings is 4. The molecule has 0 amide bonds. The maximum absolute atomic E-state index is 5.39. The number of ether oxygens (including phenoxy) is 1. The molecule has 0 atom stereocenters. The van der Waals surface area contributed by atoms with E-state index in [-0.39, 0.29) is 0 Å². The largest absolute Gasteiger partial charge is 0.497 e. The molecular formula is C28H22N2O. The second-order valence-electron chi connectivity index (χ2n) is 7.28. The average Bonchev–Trinajstić information content (AvgIpc) is 3.26. The van der Waals surface area contributed by atoms with Gasteiger partial charge in [0.05, 0.1) is 18.5 Å². The monoisotopic (exact) mass is 402 g/mol. The van der Waals surface area contributed by atoms with E-state index in [0.717, 1.165) is 45.1 Å². The predicted octanol–water partition coefficient (Wildman–Crippen LogP) is 6.88. The smallest absolute Gasteiger partial charge is 0.118 e. The summed E-state index contributed by atoms with van der Waals surface area (Å²) in [5.74, 6) is 0.835. The highest BCUT2D eigenvalue weighted by Gasteiger charge is 2.22. The predicted molar refractivity (Wildman–Crippen MR) is 126 cm³/mol. The molecule has 0 saturated heterocycles. The molecule has 0 radical (unpaired) electrons. The molecule has 150 valence electrons. The Kier molecular flexibility index (Phi) is 5.07. The van der Waals surface area contributed by atoms with Gasteiger partial charge in [0.25, 0.3) is 0 Å². The summed E-state index contributed by atoms with van der Waals surface area (Å²) in [6, 6.07) is 39.3. The molecule has 0 fully saturated rings. The number of nitrogens with zero attached hydrogens (tertiary/aromatic N) is 2. The van der Waals surface area contributed by atoms with Gasteiger partial charge in [-0.2, -0.15) is 5.10 Å². The third kappa shape index (κ3) is 3.62. The lowest BCUT2D eigenvalue weighted by molar-refractivity contribution is 0.415. The Morgan fingerprint density at radius 2 is 1.13 bits per heavy atom. The maximum atomic E-state index is 5.39. The molecule has 0 aliphatic rings. The van der Waals surface area contributed by atoms with Gasteiger partial charge in [-0.25, -0.2) is 4.68 Å². The van der Waals surface area contributed by atoms with Crippen molar-refractivity contribution in [2.45, 2.75) is 0 Å². The molecule has 0 aliphatic carbocycles. The van der Waals surface area contributed by atoms with E-state index in [2.05, 4.69) is 77.5 Å². The summed E-state index contributed by atoms with van der Waals surface area (Å²) in [6.07, 6.45) is 0. The van der Waals surface area contributed by atoms with Crippen LogP contribution in [0.15, 0.2) is 115 Å². The van der Waals surface area contributed by atoms with Crippen LogP contribution in [0.25, 0.3) is 39.3 Å². The zero-order chi connectivity index (χ0) is 21.0. The average molecular weight is 402 g/mol. The Labute approximate surface area is 182 Å². The van der Waals surface area contributed by atoms with Crippen molar-refractivity contribution in [1.82, 2.24) is 9.78 Å². The van der Waals surface area contributed by atoms with Crippen molar-refractivity contribution < 1.29 is 4.74 Å². The molecule has 3 heteroatoms. The lowest BCUT2D eigenvalue weighted by atomic mass is 9.95. The first-order chi connectivity index (χ1) is 15.3. The van der Waals surface area contributed by atoms with Crippen LogP contribution in [0.4, 0.5) is 0 Å². The number of para-hydroxylation sites is 1. The van der Waals surface area contributed by atoms with Gasteiger partial charge in [-0.3, -0.25) is 0 Å². The highest BCUT2D eigenvalue weighted by molar-refractivity contribution is 5.92. The van der Waals surface area contributed by atoms with E-state index in [4.69, 9.17) is 9.84 Å². The minimum Gasteiger partial charge on any atom is -0.497 e. The van der Waals surface area contributed by atoms with E-state index in [1.807, 2.05) is 42.5 Å². The van der Waals surface area contributed by atoms with Crippen LogP contribution >= 0.6 is 0 Å². The molecule has 5 rings (SSSR count). The van der Waals surface area contributed by atoms with Crippen LogP contribution in [0, 0.1) is 0 Å². The Balaban J connectivity index is 1.86. The topological polar surface area (TPSA) is 27.1 Å². The SMILES string of the molecule is COc1ccc(-c2c(-c3ccccc3)nn(-c3ccccc3)c2-c2ccccc2)cc1. The highest BCUT2D eigenvalue weighted by Crippen LogP contribution is 2.41. The molecule has 5 aromatic rings. The van der Waals surface area contributed by atoms with Gasteiger partial charge in [-0.15, -0.1) is 0 Å². The molecular weight excluding hydrogens is 380 g/mol. The Morgan fingerprint density at radius 3 is 1.71 bits per heavy atom. The summed E-state index contributed by atoms with van der Waals surface area (Å²) in [6.45, 7) is 0. The van der Waals surface area contributed by atoms with Gasteiger partial charge in [0.1, 0.15) is 11.4 Å². The first-order valence-corrected chi connectivity index (χ1v) is 10.3. The number of hydrogen-bond donors (Lipinski definition) is 0. The van der Waals surface area contributed by atoms with Gasteiger partial charge in [0, 0.05) is 16.7 Å². The molecule has 0 N–H and O–H groups in total. The van der Waals surface area contributed by atoms with E-state index in [0.29, 0.717) is 0 Å². The van der Waals surface area contributed by atoms with Crippen LogP contribution in [0.1, 0.15) is 0 Å². The molecule has 0 bridgehead atoms. The summed E-state index contributed by atoms with van der Waals surface area (Å²) in [5.41, 5.74) is 7.44. The first kappa shape index (κ1) is 18.9. The van der Waals surface area contributed by atoms with Gasteiger partial charge in [0.2, 0.25) is 0 Å². The molecule has 0 aliphatic heterocycles. The van der Waals surface area contributed by atoms with Crippen molar-refractivity contribution in [3.8, 4) is 45.1 Å². The molecule has 0 saturated carbocycles. The second-order valence-corrected chi connectivity index (χ2v) is 7.28. The van der Waals surface area contributed by atoms with Gasteiger partial charge in [-0.05, 0) is 29.8 Å². The maximum Gasteiger partial charge on any atom is 0.118 e. The van der Waals surface area contributed by atoms with Crippen LogP contribution < -0.4 is 4.74 Å². The fourth-order valence-corrected chi connectivity index (χ4v) is 3.87. The number of rotatable bonds is 5. The Hall–Kier alpha value is -4.11.